The van der Waals surface area contributed by atoms with E-state index in [0.717, 1.165) is 23.6 Å². The summed E-state index contributed by atoms with van der Waals surface area (Å²) in [6.45, 7) is 2.49. The Hall–Kier alpha value is -2.73. The average Bonchev–Trinajstić information content (AvgIpc) is 2.93. The maximum atomic E-state index is 5.77. The van der Waals surface area contributed by atoms with E-state index in [-0.39, 0.29) is 0 Å². The molecule has 0 bridgehead atoms. The van der Waals surface area contributed by atoms with Gasteiger partial charge in [0.2, 0.25) is 4.77 Å². The number of rotatable bonds is 6. The van der Waals surface area contributed by atoms with Crippen molar-refractivity contribution in [3.63, 3.8) is 0 Å². The number of aromatic amines is 1. The van der Waals surface area contributed by atoms with Gasteiger partial charge in [0.25, 0.3) is 0 Å². The quantitative estimate of drug-likeness (QED) is 0.550. The SMILES string of the molecule is Cc1n[nH]c(=S)n1/N=C/c1ccc(OCCc2ccccc2)cc1. The van der Waals surface area contributed by atoms with Gasteiger partial charge in [-0.1, -0.05) is 30.3 Å². The van der Waals surface area contributed by atoms with Gasteiger partial charge >= 0.3 is 0 Å². The third-order valence-corrected chi connectivity index (χ3v) is 3.78. The first kappa shape index (κ1) is 16.1. The maximum Gasteiger partial charge on any atom is 0.216 e. The predicted molar refractivity (Wildman–Crippen MR) is 97.2 cm³/mol. The van der Waals surface area contributed by atoms with Gasteiger partial charge in [-0.05, 0) is 54.5 Å². The van der Waals surface area contributed by atoms with Crippen molar-refractivity contribution in [3.8, 4) is 5.75 Å². The van der Waals surface area contributed by atoms with Gasteiger partial charge in [0.05, 0.1) is 12.8 Å². The van der Waals surface area contributed by atoms with Crippen molar-refractivity contribution >= 4 is 18.4 Å². The van der Waals surface area contributed by atoms with Gasteiger partial charge in [0.1, 0.15) is 11.6 Å². The largest absolute Gasteiger partial charge is 0.493 e. The van der Waals surface area contributed by atoms with E-state index in [0.29, 0.717) is 11.4 Å². The van der Waals surface area contributed by atoms with Crippen LogP contribution in [0, 0.1) is 11.7 Å². The number of H-pyrrole nitrogens is 1. The molecule has 3 aromatic rings. The number of hydrogen-bond donors (Lipinski definition) is 1. The lowest BCUT2D eigenvalue weighted by Crippen LogP contribution is -2.01. The number of nitrogens with one attached hydrogen (secondary N) is 1. The molecule has 0 aliphatic carbocycles. The molecular formula is C18H18N4OS. The number of aryl methyl sites for hydroxylation is 1. The van der Waals surface area contributed by atoms with E-state index in [1.807, 2.05) is 49.4 Å². The van der Waals surface area contributed by atoms with Crippen LogP contribution >= 0.6 is 12.2 Å². The van der Waals surface area contributed by atoms with Gasteiger partial charge in [0, 0.05) is 6.42 Å². The average molecular weight is 338 g/mol. The van der Waals surface area contributed by atoms with Crippen LogP contribution in [0.2, 0.25) is 0 Å². The Bertz CT molecular complexity index is 866. The Balaban J connectivity index is 1.56. The molecule has 0 fully saturated rings. The van der Waals surface area contributed by atoms with Gasteiger partial charge < -0.3 is 4.74 Å². The zero-order chi connectivity index (χ0) is 16.8. The molecule has 0 saturated heterocycles. The summed E-state index contributed by atoms with van der Waals surface area (Å²) in [6.07, 6.45) is 2.63. The molecule has 0 saturated carbocycles. The van der Waals surface area contributed by atoms with Crippen molar-refractivity contribution < 1.29 is 4.74 Å². The summed E-state index contributed by atoms with van der Waals surface area (Å²) in [5.41, 5.74) is 2.24. The lowest BCUT2D eigenvalue weighted by Gasteiger charge is -2.06. The Morgan fingerprint density at radius 1 is 1.17 bits per heavy atom. The van der Waals surface area contributed by atoms with Crippen LogP contribution in [0.15, 0.2) is 59.7 Å². The molecule has 0 aliphatic heterocycles. The zero-order valence-electron chi connectivity index (χ0n) is 13.3. The number of aromatic nitrogens is 3. The molecule has 5 nitrogen and oxygen atoms in total. The van der Waals surface area contributed by atoms with Crippen LogP contribution in [0.25, 0.3) is 0 Å². The molecule has 0 spiro atoms. The summed E-state index contributed by atoms with van der Waals surface area (Å²) in [7, 11) is 0. The van der Waals surface area contributed by atoms with Crippen molar-refractivity contribution in [2.75, 3.05) is 6.61 Å². The van der Waals surface area contributed by atoms with E-state index in [9.17, 15) is 0 Å². The highest BCUT2D eigenvalue weighted by Gasteiger charge is 1.98. The molecule has 0 aliphatic rings. The Kier molecular flexibility index (Phi) is 5.18. The summed E-state index contributed by atoms with van der Waals surface area (Å²) in [6, 6.07) is 18.1. The fourth-order valence-electron chi connectivity index (χ4n) is 2.21. The van der Waals surface area contributed by atoms with Gasteiger partial charge in [-0.25, -0.2) is 0 Å². The van der Waals surface area contributed by atoms with E-state index in [1.54, 1.807) is 10.9 Å². The Morgan fingerprint density at radius 2 is 1.92 bits per heavy atom. The molecule has 1 N–H and O–H groups in total. The molecule has 24 heavy (non-hydrogen) atoms. The molecule has 6 heteroatoms. The minimum Gasteiger partial charge on any atom is -0.493 e. The van der Waals surface area contributed by atoms with Crippen LogP contribution in [-0.4, -0.2) is 27.7 Å². The summed E-state index contributed by atoms with van der Waals surface area (Å²) >= 11 is 5.11. The molecule has 1 aromatic heterocycles. The minimum atomic E-state index is 0.476. The van der Waals surface area contributed by atoms with Crippen molar-refractivity contribution in [2.24, 2.45) is 5.10 Å². The molecule has 122 valence electrons. The van der Waals surface area contributed by atoms with Crippen LogP contribution in [0.3, 0.4) is 0 Å². The van der Waals surface area contributed by atoms with Crippen molar-refractivity contribution in [3.05, 3.63) is 76.3 Å². The van der Waals surface area contributed by atoms with Gasteiger partial charge in [-0.3, -0.25) is 5.10 Å². The second-order valence-electron chi connectivity index (χ2n) is 5.29. The Morgan fingerprint density at radius 3 is 2.58 bits per heavy atom. The second-order valence-corrected chi connectivity index (χ2v) is 5.67. The number of ether oxygens (including phenoxy) is 1. The highest BCUT2D eigenvalue weighted by molar-refractivity contribution is 7.71. The zero-order valence-corrected chi connectivity index (χ0v) is 14.2. The Labute approximate surface area is 145 Å². The fraction of sp³-hybridized carbons (Fsp3) is 0.167. The minimum absolute atomic E-state index is 0.476. The van der Waals surface area contributed by atoms with Crippen molar-refractivity contribution in [1.29, 1.82) is 0 Å². The van der Waals surface area contributed by atoms with Crippen LogP contribution in [0.1, 0.15) is 17.0 Å². The fourth-order valence-corrected chi connectivity index (χ4v) is 2.44. The highest BCUT2D eigenvalue weighted by atomic mass is 32.1. The second kappa shape index (κ2) is 7.70. The monoisotopic (exact) mass is 338 g/mol. The van der Waals surface area contributed by atoms with E-state index >= 15 is 0 Å². The maximum absolute atomic E-state index is 5.77. The summed E-state index contributed by atoms with van der Waals surface area (Å²) in [5, 5.41) is 11.0. The molecule has 1 heterocycles. The highest BCUT2D eigenvalue weighted by Crippen LogP contribution is 2.12. The smallest absolute Gasteiger partial charge is 0.216 e. The van der Waals surface area contributed by atoms with Gasteiger partial charge in [-0.15, -0.1) is 0 Å². The molecule has 0 unspecified atom stereocenters. The summed E-state index contributed by atoms with van der Waals surface area (Å²) < 4.78 is 7.83. The van der Waals surface area contributed by atoms with E-state index in [1.165, 1.54) is 5.56 Å². The van der Waals surface area contributed by atoms with E-state index in [4.69, 9.17) is 17.0 Å². The number of benzene rings is 2. The first-order valence-corrected chi connectivity index (χ1v) is 8.08. The topological polar surface area (TPSA) is 55.2 Å². The molecule has 3 rings (SSSR count). The van der Waals surface area contributed by atoms with Crippen LogP contribution in [-0.2, 0) is 6.42 Å². The predicted octanol–water partition coefficient (Wildman–Crippen LogP) is 3.75. The lowest BCUT2D eigenvalue weighted by atomic mass is 10.2. The van der Waals surface area contributed by atoms with Crippen molar-refractivity contribution in [1.82, 2.24) is 14.9 Å². The molecule has 0 atom stereocenters. The summed E-state index contributed by atoms with van der Waals surface area (Å²) in [4.78, 5) is 0. The standard InChI is InChI=1S/C18H18N4OS/c1-14-20-21-18(24)22(14)19-13-16-7-9-17(10-8-16)23-12-11-15-5-3-2-4-6-15/h2-10,13H,11-12H2,1H3,(H,21,24)/b19-13+. The number of hydrogen-bond acceptors (Lipinski definition) is 4. The normalized spacial score (nSPS) is 11.0. The molecular weight excluding hydrogens is 320 g/mol. The molecule has 0 radical (unpaired) electrons. The summed E-state index contributed by atoms with van der Waals surface area (Å²) in [5.74, 6) is 1.57. The van der Waals surface area contributed by atoms with Crippen LogP contribution < -0.4 is 4.74 Å². The van der Waals surface area contributed by atoms with Gasteiger partial charge in [0.15, 0.2) is 0 Å². The van der Waals surface area contributed by atoms with E-state index < -0.39 is 0 Å². The molecule has 0 amide bonds. The molecule has 2 aromatic carbocycles. The third kappa shape index (κ3) is 4.17. The number of nitrogens with zero attached hydrogens (tertiary/aromatic N) is 3. The first-order chi connectivity index (χ1) is 11.7. The lowest BCUT2D eigenvalue weighted by molar-refractivity contribution is 0.322. The van der Waals surface area contributed by atoms with Crippen LogP contribution in [0.4, 0.5) is 0 Å². The van der Waals surface area contributed by atoms with Gasteiger partial charge in [-0.2, -0.15) is 14.9 Å². The van der Waals surface area contributed by atoms with Crippen LogP contribution in [0.5, 0.6) is 5.75 Å². The van der Waals surface area contributed by atoms with E-state index in [2.05, 4.69) is 27.4 Å². The van der Waals surface area contributed by atoms with Crippen molar-refractivity contribution in [2.45, 2.75) is 13.3 Å². The first-order valence-electron chi connectivity index (χ1n) is 7.67. The third-order valence-electron chi connectivity index (χ3n) is 3.52.